The van der Waals surface area contributed by atoms with Crippen LogP contribution in [0.4, 0.5) is 0 Å². The largest absolute Gasteiger partial charge is 0.356 e. The Labute approximate surface area is 132 Å². The average Bonchev–Trinajstić information content (AvgIpc) is 2.91. The van der Waals surface area contributed by atoms with Crippen LogP contribution in [0, 0.1) is 5.92 Å². The minimum atomic E-state index is 0.148. The second kappa shape index (κ2) is 6.18. The number of hydrogen-bond acceptors (Lipinski definition) is 3. The minimum absolute atomic E-state index is 0.148. The van der Waals surface area contributed by atoms with E-state index in [2.05, 4.69) is 28.0 Å². The number of carbonyl (C=O) groups is 1. The first-order chi connectivity index (χ1) is 10.1. The van der Waals surface area contributed by atoms with Crippen molar-refractivity contribution in [3.8, 4) is 0 Å². The molecule has 21 heavy (non-hydrogen) atoms. The number of nitrogens with zero attached hydrogens (tertiary/aromatic N) is 2. The van der Waals surface area contributed by atoms with Gasteiger partial charge in [0.2, 0.25) is 5.91 Å². The molecule has 1 aliphatic rings. The van der Waals surface area contributed by atoms with Gasteiger partial charge in [0, 0.05) is 23.3 Å². The van der Waals surface area contributed by atoms with E-state index in [4.69, 9.17) is 4.52 Å². The molecule has 1 aromatic carbocycles. The van der Waals surface area contributed by atoms with Crippen molar-refractivity contribution in [2.24, 2.45) is 5.92 Å². The zero-order valence-corrected chi connectivity index (χ0v) is 13.7. The van der Waals surface area contributed by atoms with E-state index < -0.39 is 0 Å². The number of aromatic nitrogens is 1. The molecule has 2 aromatic rings. The monoisotopic (exact) mass is 350 g/mol. The molecule has 1 amide bonds. The molecule has 0 spiro atoms. The van der Waals surface area contributed by atoms with Crippen LogP contribution < -0.4 is 0 Å². The molecule has 1 saturated heterocycles. The molecule has 2 heterocycles. The first kappa shape index (κ1) is 14.6. The molecule has 0 N–H and O–H groups in total. The second-order valence-electron chi connectivity index (χ2n) is 5.70. The first-order valence-corrected chi connectivity index (χ1v) is 8.32. The molecule has 1 unspecified atom stereocenters. The van der Waals surface area contributed by atoms with Crippen molar-refractivity contribution >= 4 is 32.8 Å². The number of piperidine rings is 1. The van der Waals surface area contributed by atoms with Gasteiger partial charge in [0.15, 0.2) is 5.58 Å². The molecule has 1 atom stereocenters. The minimum Gasteiger partial charge on any atom is -0.356 e. The summed E-state index contributed by atoms with van der Waals surface area (Å²) in [7, 11) is 0. The standard InChI is InChI=1S/C16H19BrN2O2/c1-11(17)12-6-8-19(9-7-12)16(20)10-14-13-4-2-3-5-15(13)21-18-14/h2-5,11-12H,6-10H2,1H3. The van der Waals surface area contributed by atoms with Crippen LogP contribution in [0.1, 0.15) is 25.5 Å². The number of benzene rings is 1. The number of likely N-dealkylation sites (tertiary alicyclic amines) is 1. The lowest BCUT2D eigenvalue weighted by molar-refractivity contribution is -0.131. The van der Waals surface area contributed by atoms with Gasteiger partial charge in [0.05, 0.1) is 6.42 Å². The van der Waals surface area contributed by atoms with Crippen molar-refractivity contribution in [2.45, 2.75) is 31.0 Å². The summed E-state index contributed by atoms with van der Waals surface area (Å²) >= 11 is 3.64. The Bertz CT molecular complexity index is 630. The lowest BCUT2D eigenvalue weighted by Gasteiger charge is -2.33. The summed E-state index contributed by atoms with van der Waals surface area (Å²) in [5.74, 6) is 0.816. The Kier molecular flexibility index (Phi) is 4.29. The molecule has 0 bridgehead atoms. The normalized spacial score (nSPS) is 18.1. The van der Waals surface area contributed by atoms with E-state index in [-0.39, 0.29) is 5.91 Å². The lowest BCUT2D eigenvalue weighted by atomic mass is 9.94. The van der Waals surface area contributed by atoms with Crippen LogP contribution in [-0.2, 0) is 11.2 Å². The van der Waals surface area contributed by atoms with Gasteiger partial charge in [-0.15, -0.1) is 0 Å². The molecule has 0 saturated carbocycles. The van der Waals surface area contributed by atoms with E-state index in [1.807, 2.05) is 29.2 Å². The van der Waals surface area contributed by atoms with Gasteiger partial charge >= 0.3 is 0 Å². The van der Waals surface area contributed by atoms with E-state index in [1.54, 1.807) is 0 Å². The smallest absolute Gasteiger partial charge is 0.228 e. The van der Waals surface area contributed by atoms with Gasteiger partial charge in [-0.2, -0.15) is 0 Å². The highest BCUT2D eigenvalue weighted by molar-refractivity contribution is 9.09. The third-order valence-electron chi connectivity index (χ3n) is 4.31. The van der Waals surface area contributed by atoms with Crippen molar-refractivity contribution in [3.05, 3.63) is 30.0 Å². The van der Waals surface area contributed by atoms with Crippen LogP contribution in [0.3, 0.4) is 0 Å². The molecule has 5 heteroatoms. The first-order valence-electron chi connectivity index (χ1n) is 7.40. The fourth-order valence-corrected chi connectivity index (χ4v) is 3.46. The topological polar surface area (TPSA) is 46.3 Å². The van der Waals surface area contributed by atoms with Crippen LogP contribution in [0.2, 0.25) is 0 Å². The van der Waals surface area contributed by atoms with Gasteiger partial charge in [0.1, 0.15) is 5.69 Å². The highest BCUT2D eigenvalue weighted by Crippen LogP contribution is 2.26. The number of rotatable bonds is 3. The van der Waals surface area contributed by atoms with Crippen LogP contribution in [-0.4, -0.2) is 33.9 Å². The van der Waals surface area contributed by atoms with Crippen molar-refractivity contribution in [1.29, 1.82) is 0 Å². The quantitative estimate of drug-likeness (QED) is 0.797. The van der Waals surface area contributed by atoms with E-state index >= 15 is 0 Å². The molecule has 0 radical (unpaired) electrons. The summed E-state index contributed by atoms with van der Waals surface area (Å²) in [6, 6.07) is 7.67. The second-order valence-corrected chi connectivity index (χ2v) is 7.14. The van der Waals surface area contributed by atoms with Crippen LogP contribution in [0.25, 0.3) is 11.0 Å². The summed E-state index contributed by atoms with van der Waals surface area (Å²) in [6.07, 6.45) is 2.46. The highest BCUT2D eigenvalue weighted by atomic mass is 79.9. The molecule has 1 aromatic heterocycles. The van der Waals surface area contributed by atoms with E-state index in [1.165, 1.54) is 0 Å². The Morgan fingerprint density at radius 3 is 2.86 bits per heavy atom. The molecular weight excluding hydrogens is 332 g/mol. The van der Waals surface area contributed by atoms with Gasteiger partial charge in [-0.05, 0) is 30.9 Å². The predicted molar refractivity (Wildman–Crippen MR) is 85.4 cm³/mol. The fourth-order valence-electron chi connectivity index (χ4n) is 2.93. The number of alkyl halides is 1. The lowest BCUT2D eigenvalue weighted by Crippen LogP contribution is -2.40. The van der Waals surface area contributed by atoms with Crippen molar-refractivity contribution in [2.75, 3.05) is 13.1 Å². The van der Waals surface area contributed by atoms with Crippen molar-refractivity contribution in [1.82, 2.24) is 10.1 Å². The Morgan fingerprint density at radius 2 is 2.14 bits per heavy atom. The Hall–Kier alpha value is -1.36. The maximum atomic E-state index is 12.4. The maximum Gasteiger partial charge on any atom is 0.228 e. The molecule has 1 aliphatic heterocycles. The van der Waals surface area contributed by atoms with Crippen LogP contribution >= 0.6 is 15.9 Å². The molecule has 3 rings (SSSR count). The third-order valence-corrected chi connectivity index (χ3v) is 5.06. The maximum absolute atomic E-state index is 12.4. The number of hydrogen-bond donors (Lipinski definition) is 0. The van der Waals surface area contributed by atoms with Gasteiger partial charge in [-0.25, -0.2) is 0 Å². The molecule has 112 valence electrons. The van der Waals surface area contributed by atoms with Gasteiger partial charge in [0.25, 0.3) is 0 Å². The van der Waals surface area contributed by atoms with Gasteiger partial charge in [-0.1, -0.05) is 40.1 Å². The van der Waals surface area contributed by atoms with Crippen LogP contribution in [0.15, 0.2) is 28.8 Å². The summed E-state index contributed by atoms with van der Waals surface area (Å²) in [4.78, 5) is 14.9. The number of fused-ring (bicyclic) bond motifs is 1. The number of carbonyl (C=O) groups excluding carboxylic acids is 1. The van der Waals surface area contributed by atoms with Crippen LogP contribution in [0.5, 0.6) is 0 Å². The third kappa shape index (κ3) is 3.12. The van der Waals surface area contributed by atoms with Gasteiger partial charge < -0.3 is 9.42 Å². The van der Waals surface area contributed by atoms with E-state index in [9.17, 15) is 4.79 Å². The van der Waals surface area contributed by atoms with Crippen molar-refractivity contribution < 1.29 is 9.32 Å². The summed E-state index contributed by atoms with van der Waals surface area (Å²) in [5, 5.41) is 4.98. The number of amides is 1. The zero-order valence-electron chi connectivity index (χ0n) is 12.1. The number of para-hydroxylation sites is 1. The zero-order chi connectivity index (χ0) is 14.8. The summed E-state index contributed by atoms with van der Waals surface area (Å²) in [6.45, 7) is 3.87. The molecular formula is C16H19BrN2O2. The number of halogens is 1. The Morgan fingerprint density at radius 1 is 1.43 bits per heavy atom. The fraction of sp³-hybridized carbons (Fsp3) is 0.500. The molecule has 1 fully saturated rings. The molecule has 0 aliphatic carbocycles. The van der Waals surface area contributed by atoms with E-state index in [0.717, 1.165) is 42.6 Å². The SMILES string of the molecule is CC(Br)C1CCN(C(=O)Cc2noc3ccccc23)CC1. The van der Waals surface area contributed by atoms with Gasteiger partial charge in [-0.3, -0.25) is 4.79 Å². The Balaban J connectivity index is 1.65. The molecule has 4 nitrogen and oxygen atoms in total. The highest BCUT2D eigenvalue weighted by Gasteiger charge is 2.26. The van der Waals surface area contributed by atoms with E-state index in [0.29, 0.717) is 17.2 Å². The average molecular weight is 351 g/mol. The predicted octanol–water partition coefficient (Wildman–Crippen LogP) is 3.39. The summed E-state index contributed by atoms with van der Waals surface area (Å²) < 4.78 is 5.26. The summed E-state index contributed by atoms with van der Waals surface area (Å²) in [5.41, 5.74) is 1.48. The van der Waals surface area contributed by atoms with Crippen molar-refractivity contribution in [3.63, 3.8) is 0 Å².